The molecule has 2 rings (SSSR count). The van der Waals surface area contributed by atoms with Crippen LogP contribution in [0.5, 0.6) is 0 Å². The van der Waals surface area contributed by atoms with Crippen LogP contribution in [0.25, 0.3) is 0 Å². The molecule has 0 fully saturated rings. The third-order valence-electron chi connectivity index (χ3n) is 4.20. The van der Waals surface area contributed by atoms with Crippen molar-refractivity contribution in [2.75, 3.05) is 40.5 Å². The number of furan rings is 1. The van der Waals surface area contributed by atoms with Crippen LogP contribution in [-0.4, -0.2) is 66.7 Å². The van der Waals surface area contributed by atoms with Crippen LogP contribution in [-0.2, 0) is 39.2 Å². The highest BCUT2D eigenvalue weighted by Crippen LogP contribution is 2.12. The highest BCUT2D eigenvalue weighted by Gasteiger charge is 2.22. The Bertz CT molecular complexity index is 711. The van der Waals surface area contributed by atoms with Crippen molar-refractivity contribution in [2.45, 2.75) is 13.1 Å². The van der Waals surface area contributed by atoms with Gasteiger partial charge in [-0.1, -0.05) is 0 Å². The predicted molar refractivity (Wildman–Crippen MR) is 98.7 cm³/mol. The summed E-state index contributed by atoms with van der Waals surface area (Å²) in [6, 6.07) is 7.50. The van der Waals surface area contributed by atoms with E-state index in [2.05, 4.69) is 0 Å². The van der Waals surface area contributed by atoms with Gasteiger partial charge in [-0.05, 0) is 24.3 Å². The highest BCUT2D eigenvalue weighted by molar-refractivity contribution is 5.85. The largest absolute Gasteiger partial charge is 0.467 e. The first kappa shape index (κ1) is 20.7. The number of nitrogens with zero attached hydrogens (tertiary/aromatic N) is 3. The van der Waals surface area contributed by atoms with E-state index in [0.717, 1.165) is 5.69 Å². The Labute approximate surface area is 159 Å². The van der Waals surface area contributed by atoms with Gasteiger partial charge >= 0.3 is 0 Å². The summed E-state index contributed by atoms with van der Waals surface area (Å²) in [7, 11) is 4.93. The quantitative estimate of drug-likeness (QED) is 0.589. The van der Waals surface area contributed by atoms with Crippen molar-refractivity contribution in [2.24, 2.45) is 7.05 Å². The van der Waals surface area contributed by atoms with Gasteiger partial charge in [-0.15, -0.1) is 0 Å². The third-order valence-corrected chi connectivity index (χ3v) is 4.20. The monoisotopic (exact) mass is 377 g/mol. The van der Waals surface area contributed by atoms with Gasteiger partial charge in [0.25, 0.3) is 0 Å². The molecule has 0 bridgehead atoms. The van der Waals surface area contributed by atoms with Crippen LogP contribution in [0, 0.1) is 0 Å². The van der Waals surface area contributed by atoms with Crippen molar-refractivity contribution in [3.05, 3.63) is 48.2 Å². The summed E-state index contributed by atoms with van der Waals surface area (Å²) >= 11 is 0. The summed E-state index contributed by atoms with van der Waals surface area (Å²) in [5.41, 5.74) is 0.988. The van der Waals surface area contributed by atoms with E-state index in [0.29, 0.717) is 32.0 Å². The maximum absolute atomic E-state index is 13.0. The first-order chi connectivity index (χ1) is 13.0. The van der Waals surface area contributed by atoms with Crippen LogP contribution in [0.2, 0.25) is 0 Å². The van der Waals surface area contributed by atoms with Gasteiger partial charge < -0.3 is 28.3 Å². The number of hydrogen-bond acceptors (Lipinski definition) is 5. The molecule has 0 spiro atoms. The smallest absolute Gasteiger partial charge is 0.249 e. The lowest BCUT2D eigenvalue weighted by atomic mass is 10.3. The number of methoxy groups -OCH3 is 2. The number of carbonyl (C=O) groups excluding carboxylic acids is 2. The van der Waals surface area contributed by atoms with Gasteiger partial charge in [0.05, 0.1) is 32.5 Å². The summed E-state index contributed by atoms with van der Waals surface area (Å²) in [5, 5.41) is 0. The lowest BCUT2D eigenvalue weighted by Crippen LogP contribution is -2.45. The minimum absolute atomic E-state index is 0.0450. The van der Waals surface area contributed by atoms with E-state index in [1.54, 1.807) is 24.3 Å². The molecule has 8 nitrogen and oxygen atoms in total. The molecule has 2 aromatic heterocycles. The molecule has 0 aliphatic heterocycles. The maximum atomic E-state index is 13.0. The summed E-state index contributed by atoms with van der Waals surface area (Å²) in [5.74, 6) is 0.261. The number of aryl methyl sites for hydroxylation is 1. The molecule has 8 heteroatoms. The Morgan fingerprint density at radius 3 is 2.48 bits per heavy atom. The molecular weight excluding hydrogens is 350 g/mol. The van der Waals surface area contributed by atoms with Crippen molar-refractivity contribution < 1.29 is 23.5 Å². The molecule has 0 aliphatic rings. The number of hydrogen-bond donors (Lipinski definition) is 0. The minimum Gasteiger partial charge on any atom is -0.467 e. The zero-order valence-electron chi connectivity index (χ0n) is 16.1. The molecule has 0 aliphatic carbocycles. The van der Waals surface area contributed by atoms with E-state index in [4.69, 9.17) is 13.9 Å². The van der Waals surface area contributed by atoms with Gasteiger partial charge in [0.1, 0.15) is 12.4 Å². The van der Waals surface area contributed by atoms with Gasteiger partial charge in [0, 0.05) is 39.7 Å². The van der Waals surface area contributed by atoms with E-state index in [1.807, 2.05) is 36.0 Å². The number of ether oxygens (including phenoxy) is 2. The molecule has 0 aromatic carbocycles. The molecule has 2 heterocycles. The molecule has 0 saturated heterocycles. The average Bonchev–Trinajstić information content (AvgIpc) is 3.30. The third kappa shape index (κ3) is 6.26. The second-order valence-corrected chi connectivity index (χ2v) is 6.18. The molecule has 0 atom stereocenters. The van der Waals surface area contributed by atoms with Crippen LogP contribution in [0.4, 0.5) is 0 Å². The summed E-state index contributed by atoms with van der Waals surface area (Å²) in [6.45, 7) is 1.29. The molecule has 0 saturated carbocycles. The lowest BCUT2D eigenvalue weighted by molar-refractivity contribution is -0.144. The molecule has 27 heavy (non-hydrogen) atoms. The Hall–Kier alpha value is -2.58. The van der Waals surface area contributed by atoms with E-state index < -0.39 is 0 Å². The minimum atomic E-state index is -0.250. The molecule has 0 N–H and O–H groups in total. The zero-order chi connectivity index (χ0) is 19.6. The molecule has 2 amide bonds. The van der Waals surface area contributed by atoms with Crippen LogP contribution < -0.4 is 0 Å². The van der Waals surface area contributed by atoms with Gasteiger partial charge in [-0.3, -0.25) is 9.59 Å². The molecule has 0 unspecified atom stereocenters. The maximum Gasteiger partial charge on any atom is 0.249 e. The fraction of sp³-hybridized carbons (Fsp3) is 0.474. The molecule has 2 aromatic rings. The van der Waals surface area contributed by atoms with Gasteiger partial charge in [-0.25, -0.2) is 0 Å². The zero-order valence-corrected chi connectivity index (χ0v) is 16.1. The second kappa shape index (κ2) is 10.5. The van der Waals surface area contributed by atoms with Crippen molar-refractivity contribution in [1.29, 1.82) is 0 Å². The topological polar surface area (TPSA) is 77.2 Å². The van der Waals surface area contributed by atoms with Crippen LogP contribution in [0.15, 0.2) is 41.1 Å². The van der Waals surface area contributed by atoms with Crippen molar-refractivity contribution in [3.63, 3.8) is 0 Å². The molecule has 0 radical (unpaired) electrons. The number of rotatable bonds is 11. The van der Waals surface area contributed by atoms with Crippen molar-refractivity contribution in [3.8, 4) is 0 Å². The molecule has 148 valence electrons. The van der Waals surface area contributed by atoms with E-state index in [1.165, 1.54) is 12.0 Å². The Morgan fingerprint density at radius 2 is 1.89 bits per heavy atom. The SMILES string of the molecule is COCCN(CC(=O)N(Cc1ccco1)Cc1cccn1C)C(=O)COC. The van der Waals surface area contributed by atoms with E-state index in [-0.39, 0.29) is 25.0 Å². The fourth-order valence-electron chi connectivity index (χ4n) is 2.65. The number of carbonyl (C=O) groups is 2. The summed E-state index contributed by atoms with van der Waals surface area (Å²) in [4.78, 5) is 28.4. The van der Waals surface area contributed by atoms with Crippen molar-refractivity contribution in [1.82, 2.24) is 14.4 Å². The van der Waals surface area contributed by atoms with Crippen molar-refractivity contribution >= 4 is 11.8 Å². The Morgan fingerprint density at radius 1 is 1.07 bits per heavy atom. The first-order valence-electron chi connectivity index (χ1n) is 8.71. The Balaban J connectivity index is 2.12. The second-order valence-electron chi connectivity index (χ2n) is 6.18. The van der Waals surface area contributed by atoms with Gasteiger partial charge in [-0.2, -0.15) is 0 Å². The summed E-state index contributed by atoms with van der Waals surface area (Å²) in [6.07, 6.45) is 3.51. The van der Waals surface area contributed by atoms with E-state index >= 15 is 0 Å². The highest BCUT2D eigenvalue weighted by atomic mass is 16.5. The predicted octanol–water partition coefficient (Wildman–Crippen LogP) is 1.27. The average molecular weight is 377 g/mol. The number of aromatic nitrogens is 1. The van der Waals surface area contributed by atoms with E-state index in [9.17, 15) is 9.59 Å². The van der Waals surface area contributed by atoms with Gasteiger partial charge in [0.2, 0.25) is 11.8 Å². The lowest BCUT2D eigenvalue weighted by Gasteiger charge is -2.27. The number of amides is 2. The van der Waals surface area contributed by atoms with Crippen LogP contribution >= 0.6 is 0 Å². The molecular formula is C19H27N3O5. The first-order valence-corrected chi connectivity index (χ1v) is 8.71. The van der Waals surface area contributed by atoms with Crippen LogP contribution in [0.3, 0.4) is 0 Å². The van der Waals surface area contributed by atoms with Gasteiger partial charge in [0.15, 0.2) is 0 Å². The fourth-order valence-corrected chi connectivity index (χ4v) is 2.65. The Kier molecular flexibility index (Phi) is 8.09. The van der Waals surface area contributed by atoms with Crippen LogP contribution in [0.1, 0.15) is 11.5 Å². The standard InChI is InChI=1S/C19H27N3O5/c1-20-8-4-6-16(20)12-22(13-17-7-5-10-27-17)18(23)14-21(9-11-25-2)19(24)15-26-3/h4-8,10H,9,11-15H2,1-3H3. The normalized spacial score (nSPS) is 10.8. The summed E-state index contributed by atoms with van der Waals surface area (Å²) < 4.78 is 17.3.